The summed E-state index contributed by atoms with van der Waals surface area (Å²) in [6, 6.07) is 0. The molecule has 118 valence electrons. The van der Waals surface area contributed by atoms with Crippen LogP contribution in [0.1, 0.15) is 48.8 Å². The number of hydrogen-bond donors (Lipinski definition) is 1. The van der Waals surface area contributed by atoms with Crippen LogP contribution in [0.15, 0.2) is 0 Å². The van der Waals surface area contributed by atoms with Crippen LogP contribution in [0.3, 0.4) is 0 Å². The van der Waals surface area contributed by atoms with Crippen molar-refractivity contribution in [3.05, 3.63) is 22.8 Å². The normalized spacial score (nSPS) is 18.9. The Morgan fingerprint density at radius 1 is 1.10 bits per heavy atom. The number of thioether (sulfide) groups is 2. The van der Waals surface area contributed by atoms with Gasteiger partial charge in [-0.15, -0.1) is 11.8 Å². The first-order valence-electron chi connectivity index (χ1n) is 8.08. The topological polar surface area (TPSA) is 37.8 Å². The predicted molar refractivity (Wildman–Crippen MR) is 95.6 cm³/mol. The van der Waals surface area contributed by atoms with Crippen molar-refractivity contribution in [1.82, 2.24) is 15.3 Å². The minimum Gasteiger partial charge on any atom is -0.317 e. The smallest absolute Gasteiger partial charge is 0.142 e. The molecule has 2 rings (SSSR count). The first kappa shape index (κ1) is 17.1. The Labute approximate surface area is 137 Å². The third-order valence-electron chi connectivity index (χ3n) is 3.77. The fourth-order valence-electron chi connectivity index (χ4n) is 2.65. The molecule has 5 heteroatoms. The van der Waals surface area contributed by atoms with E-state index in [2.05, 4.69) is 26.1 Å². The van der Waals surface area contributed by atoms with Gasteiger partial charge in [0.1, 0.15) is 5.82 Å². The third kappa shape index (κ3) is 4.60. The van der Waals surface area contributed by atoms with Crippen molar-refractivity contribution in [2.45, 2.75) is 45.3 Å². The summed E-state index contributed by atoms with van der Waals surface area (Å²) in [6.45, 7) is 8.63. The summed E-state index contributed by atoms with van der Waals surface area (Å²) in [5.74, 6) is 4.73. The summed E-state index contributed by atoms with van der Waals surface area (Å²) in [6.07, 6.45) is 3.07. The highest BCUT2D eigenvalue weighted by molar-refractivity contribution is 8.06. The molecule has 0 spiro atoms. The highest BCUT2D eigenvalue weighted by Crippen LogP contribution is 2.35. The van der Waals surface area contributed by atoms with Gasteiger partial charge in [0.25, 0.3) is 0 Å². The maximum atomic E-state index is 4.93. The molecule has 3 nitrogen and oxygen atoms in total. The number of nitrogens with zero attached hydrogens (tertiary/aromatic N) is 2. The van der Waals surface area contributed by atoms with Crippen molar-refractivity contribution >= 4 is 23.5 Å². The maximum Gasteiger partial charge on any atom is 0.142 e. The zero-order valence-corrected chi connectivity index (χ0v) is 15.1. The van der Waals surface area contributed by atoms with Crippen LogP contribution in [-0.4, -0.2) is 40.3 Å². The van der Waals surface area contributed by atoms with Crippen molar-refractivity contribution in [2.24, 2.45) is 0 Å². The minimum atomic E-state index is 0.488. The molecule has 1 N–H and O–H groups in total. The van der Waals surface area contributed by atoms with Crippen LogP contribution in [0, 0.1) is 0 Å². The molecule has 0 saturated carbocycles. The average molecular weight is 326 g/mol. The number of likely N-dealkylation sites (N-methyl/N-ethyl adjacent to an activating group) is 1. The number of hydrogen-bond acceptors (Lipinski definition) is 5. The molecule has 1 unspecified atom stereocenters. The van der Waals surface area contributed by atoms with Gasteiger partial charge in [-0.05, 0) is 37.9 Å². The van der Waals surface area contributed by atoms with Gasteiger partial charge >= 0.3 is 0 Å². The second-order valence-corrected chi connectivity index (χ2v) is 7.66. The van der Waals surface area contributed by atoms with Gasteiger partial charge in [0.05, 0.1) is 5.25 Å². The summed E-state index contributed by atoms with van der Waals surface area (Å²) >= 11 is 4.06. The Kier molecular flexibility index (Phi) is 7.34. The lowest BCUT2D eigenvalue weighted by molar-refractivity contribution is 0.696. The first-order chi connectivity index (χ1) is 10.3. The summed E-state index contributed by atoms with van der Waals surface area (Å²) in [4.78, 5) is 9.86. The van der Waals surface area contributed by atoms with Crippen LogP contribution in [-0.2, 0) is 19.3 Å². The first-order valence-corrected chi connectivity index (χ1v) is 10.3. The van der Waals surface area contributed by atoms with Crippen LogP contribution in [0.25, 0.3) is 0 Å². The molecule has 1 saturated heterocycles. The number of nitrogens with one attached hydrogen (secondary N) is 1. The van der Waals surface area contributed by atoms with E-state index in [1.165, 1.54) is 28.5 Å². The Morgan fingerprint density at radius 3 is 2.33 bits per heavy atom. The van der Waals surface area contributed by atoms with Gasteiger partial charge in [-0.2, -0.15) is 11.8 Å². The average Bonchev–Trinajstić information content (AvgIpc) is 2.55. The van der Waals surface area contributed by atoms with Gasteiger partial charge in [-0.25, -0.2) is 9.97 Å². The second kappa shape index (κ2) is 9.01. The van der Waals surface area contributed by atoms with Crippen molar-refractivity contribution < 1.29 is 0 Å². The lowest BCUT2D eigenvalue weighted by atomic mass is 10.0. The SMILES string of the molecule is CCNCCc1c(CC)nc(C2CSCCS2)nc1CC. The summed E-state index contributed by atoms with van der Waals surface area (Å²) in [5, 5.41) is 3.90. The third-order valence-corrected chi connectivity index (χ3v) is 6.52. The number of rotatable bonds is 7. The predicted octanol–water partition coefficient (Wildman–Crippen LogP) is 3.27. The molecule has 0 radical (unpaired) electrons. The van der Waals surface area contributed by atoms with E-state index >= 15 is 0 Å². The van der Waals surface area contributed by atoms with Crippen molar-refractivity contribution in [1.29, 1.82) is 0 Å². The van der Waals surface area contributed by atoms with Crippen molar-refractivity contribution in [3.8, 4) is 0 Å². The molecule has 2 heterocycles. The lowest BCUT2D eigenvalue weighted by Crippen LogP contribution is -2.20. The zero-order valence-electron chi connectivity index (χ0n) is 13.4. The monoisotopic (exact) mass is 325 g/mol. The standard InChI is InChI=1S/C16H27N3S2/c1-4-13-12(7-8-17-6-3)14(5-2)19-16(18-13)15-11-20-9-10-21-15/h15,17H,4-11H2,1-3H3. The molecular weight excluding hydrogens is 298 g/mol. The van der Waals surface area contributed by atoms with Crippen LogP contribution in [0.5, 0.6) is 0 Å². The Balaban J connectivity index is 2.24. The quantitative estimate of drug-likeness (QED) is 0.779. The molecule has 0 aromatic carbocycles. The molecule has 0 amide bonds. The largest absolute Gasteiger partial charge is 0.317 e. The molecule has 21 heavy (non-hydrogen) atoms. The van der Waals surface area contributed by atoms with Crippen LogP contribution in [0.4, 0.5) is 0 Å². The number of aromatic nitrogens is 2. The van der Waals surface area contributed by atoms with E-state index in [1.807, 2.05) is 23.5 Å². The minimum absolute atomic E-state index is 0.488. The summed E-state index contributed by atoms with van der Waals surface area (Å²) in [7, 11) is 0. The zero-order chi connectivity index (χ0) is 15.1. The van der Waals surface area contributed by atoms with E-state index < -0.39 is 0 Å². The van der Waals surface area contributed by atoms with Crippen molar-refractivity contribution in [3.63, 3.8) is 0 Å². The molecule has 0 aliphatic carbocycles. The second-order valence-electron chi connectivity index (χ2n) is 5.20. The fraction of sp³-hybridized carbons (Fsp3) is 0.750. The van der Waals surface area contributed by atoms with Gasteiger partial charge in [0.15, 0.2) is 0 Å². The van der Waals surface area contributed by atoms with Crippen LogP contribution in [0.2, 0.25) is 0 Å². The Morgan fingerprint density at radius 2 is 1.81 bits per heavy atom. The molecule has 1 aromatic heterocycles. The van der Waals surface area contributed by atoms with E-state index in [0.717, 1.165) is 43.9 Å². The van der Waals surface area contributed by atoms with Gasteiger partial charge in [-0.1, -0.05) is 20.8 Å². The molecule has 1 fully saturated rings. The van der Waals surface area contributed by atoms with E-state index in [0.29, 0.717) is 5.25 Å². The highest BCUT2D eigenvalue weighted by atomic mass is 32.2. The molecule has 1 aliphatic heterocycles. The molecular formula is C16H27N3S2. The van der Waals surface area contributed by atoms with E-state index in [-0.39, 0.29) is 0 Å². The highest BCUT2D eigenvalue weighted by Gasteiger charge is 2.21. The molecule has 1 atom stereocenters. The van der Waals surface area contributed by atoms with Crippen molar-refractivity contribution in [2.75, 3.05) is 30.3 Å². The Hall–Kier alpha value is -0.260. The fourth-order valence-corrected chi connectivity index (χ4v) is 5.25. The van der Waals surface area contributed by atoms with Gasteiger partial charge in [-0.3, -0.25) is 0 Å². The molecule has 1 aliphatic rings. The Bertz CT molecular complexity index is 420. The lowest BCUT2D eigenvalue weighted by Gasteiger charge is -2.22. The van der Waals surface area contributed by atoms with Crippen LogP contribution < -0.4 is 5.32 Å². The summed E-state index contributed by atoms with van der Waals surface area (Å²) in [5.41, 5.74) is 3.93. The molecule has 0 bridgehead atoms. The van der Waals surface area contributed by atoms with E-state index in [1.54, 1.807) is 0 Å². The van der Waals surface area contributed by atoms with Gasteiger partial charge in [0.2, 0.25) is 0 Å². The molecule has 1 aromatic rings. The van der Waals surface area contributed by atoms with E-state index in [9.17, 15) is 0 Å². The number of aryl methyl sites for hydroxylation is 2. The van der Waals surface area contributed by atoms with Gasteiger partial charge in [0, 0.05) is 28.6 Å². The van der Waals surface area contributed by atoms with E-state index in [4.69, 9.17) is 9.97 Å². The van der Waals surface area contributed by atoms with Gasteiger partial charge < -0.3 is 5.32 Å². The van der Waals surface area contributed by atoms with Crippen LogP contribution >= 0.6 is 23.5 Å². The maximum absolute atomic E-state index is 4.93. The summed E-state index contributed by atoms with van der Waals surface area (Å²) < 4.78 is 0.